The highest BCUT2D eigenvalue weighted by Crippen LogP contribution is 2.20. The maximum Gasteiger partial charge on any atom is 0.351 e. The van der Waals surface area contributed by atoms with Crippen LogP contribution in [0.25, 0.3) is 11.0 Å². The van der Waals surface area contributed by atoms with E-state index < -0.39 is 17.8 Å². The van der Waals surface area contributed by atoms with Crippen molar-refractivity contribution in [1.82, 2.24) is 5.32 Å². The fraction of sp³-hybridized carbons (Fsp3) is 0.158. The van der Waals surface area contributed by atoms with Crippen LogP contribution < -0.4 is 15.7 Å². The smallest absolute Gasteiger partial charge is 0.351 e. The number of benzene rings is 2. The van der Waals surface area contributed by atoms with Crippen LogP contribution in [0.1, 0.15) is 22.8 Å². The third-order valence-electron chi connectivity index (χ3n) is 3.62. The van der Waals surface area contributed by atoms with E-state index in [1.807, 2.05) is 0 Å². The highest BCUT2D eigenvalue weighted by Gasteiger charge is 2.16. The largest absolute Gasteiger partial charge is 0.423 e. The molecule has 6 nitrogen and oxygen atoms in total. The molecular formula is C19H16BrNO5. The molecule has 1 atom stereocenters. The van der Waals surface area contributed by atoms with Gasteiger partial charge in [0.1, 0.15) is 23.1 Å². The molecule has 0 bridgehead atoms. The summed E-state index contributed by atoms with van der Waals surface area (Å²) >= 11 is 3.29. The van der Waals surface area contributed by atoms with Gasteiger partial charge in [-0.1, -0.05) is 28.1 Å². The lowest BCUT2D eigenvalue weighted by Gasteiger charge is -2.08. The van der Waals surface area contributed by atoms with Crippen LogP contribution in [0.15, 0.2) is 62.2 Å². The summed E-state index contributed by atoms with van der Waals surface area (Å²) in [5.41, 5.74) is 0.304. The van der Waals surface area contributed by atoms with Crippen molar-refractivity contribution in [3.63, 3.8) is 0 Å². The van der Waals surface area contributed by atoms with Crippen molar-refractivity contribution in [2.75, 3.05) is 0 Å². The van der Waals surface area contributed by atoms with Crippen molar-refractivity contribution in [2.45, 2.75) is 19.7 Å². The Labute approximate surface area is 157 Å². The molecule has 0 aliphatic carbocycles. The Balaban J connectivity index is 1.90. The number of carbonyl (C=O) groups excluding carboxylic acids is 1. The SMILES string of the molecule is CC(O)NCc1ccc2oc(=O)c(C(=O)Oc3cccc(Br)c3)cc2c1. The first-order valence-electron chi connectivity index (χ1n) is 7.88. The number of hydrogen-bond acceptors (Lipinski definition) is 6. The first kappa shape index (κ1) is 18.3. The average molecular weight is 418 g/mol. The zero-order valence-corrected chi connectivity index (χ0v) is 15.4. The average Bonchev–Trinajstić information content (AvgIpc) is 2.59. The lowest BCUT2D eigenvalue weighted by atomic mass is 10.1. The molecule has 1 unspecified atom stereocenters. The Morgan fingerprint density at radius 1 is 1.27 bits per heavy atom. The maximum absolute atomic E-state index is 12.3. The molecule has 0 radical (unpaired) electrons. The molecule has 2 aromatic carbocycles. The van der Waals surface area contributed by atoms with Crippen LogP contribution in [0.4, 0.5) is 0 Å². The van der Waals surface area contributed by atoms with Gasteiger partial charge < -0.3 is 14.3 Å². The van der Waals surface area contributed by atoms with Crippen LogP contribution >= 0.6 is 15.9 Å². The van der Waals surface area contributed by atoms with E-state index in [1.165, 1.54) is 6.07 Å². The first-order chi connectivity index (χ1) is 12.4. The Hall–Kier alpha value is -2.48. The Morgan fingerprint density at radius 2 is 2.08 bits per heavy atom. The zero-order chi connectivity index (χ0) is 18.7. The summed E-state index contributed by atoms with van der Waals surface area (Å²) < 4.78 is 11.2. The van der Waals surface area contributed by atoms with Gasteiger partial charge in [-0.25, -0.2) is 9.59 Å². The van der Waals surface area contributed by atoms with Crippen LogP contribution in [-0.2, 0) is 6.54 Å². The molecule has 0 saturated heterocycles. The second kappa shape index (κ2) is 7.82. The molecule has 0 aliphatic heterocycles. The highest BCUT2D eigenvalue weighted by atomic mass is 79.9. The maximum atomic E-state index is 12.3. The summed E-state index contributed by atoms with van der Waals surface area (Å²) in [6, 6.07) is 13.4. The van der Waals surface area contributed by atoms with Gasteiger partial charge in [-0.3, -0.25) is 5.32 Å². The van der Waals surface area contributed by atoms with Crippen molar-refractivity contribution in [2.24, 2.45) is 0 Å². The van der Waals surface area contributed by atoms with Crippen molar-refractivity contribution in [1.29, 1.82) is 0 Å². The molecule has 2 N–H and O–H groups in total. The van der Waals surface area contributed by atoms with Gasteiger partial charge in [0.2, 0.25) is 0 Å². The first-order valence-corrected chi connectivity index (χ1v) is 8.67. The van der Waals surface area contributed by atoms with E-state index in [2.05, 4.69) is 21.2 Å². The minimum atomic E-state index is -0.786. The van der Waals surface area contributed by atoms with E-state index in [1.54, 1.807) is 49.4 Å². The van der Waals surface area contributed by atoms with Crippen LogP contribution in [-0.4, -0.2) is 17.3 Å². The van der Waals surface area contributed by atoms with Crippen LogP contribution in [0, 0.1) is 0 Å². The molecule has 3 aromatic rings. The lowest BCUT2D eigenvalue weighted by Crippen LogP contribution is -2.24. The van der Waals surface area contributed by atoms with Crippen LogP contribution in [0.2, 0.25) is 0 Å². The number of esters is 1. The van der Waals surface area contributed by atoms with E-state index in [0.717, 1.165) is 10.0 Å². The van der Waals surface area contributed by atoms with E-state index in [4.69, 9.17) is 9.15 Å². The number of aliphatic hydroxyl groups excluding tert-OH is 1. The van der Waals surface area contributed by atoms with Gasteiger partial charge in [-0.05, 0) is 48.9 Å². The molecule has 0 fully saturated rings. The van der Waals surface area contributed by atoms with Gasteiger partial charge in [0, 0.05) is 16.4 Å². The lowest BCUT2D eigenvalue weighted by molar-refractivity contribution is 0.0730. The molecule has 0 amide bonds. The fourth-order valence-corrected chi connectivity index (χ4v) is 2.76. The molecule has 7 heteroatoms. The third-order valence-corrected chi connectivity index (χ3v) is 4.12. The minimum Gasteiger partial charge on any atom is -0.423 e. The third kappa shape index (κ3) is 4.37. The summed E-state index contributed by atoms with van der Waals surface area (Å²) in [5, 5.41) is 12.8. The Bertz CT molecular complexity index is 1010. The van der Waals surface area contributed by atoms with Gasteiger partial charge in [0.25, 0.3) is 0 Å². The number of hydrogen-bond donors (Lipinski definition) is 2. The quantitative estimate of drug-likeness (QED) is 0.286. The van der Waals surface area contributed by atoms with Gasteiger partial charge in [-0.2, -0.15) is 0 Å². The van der Waals surface area contributed by atoms with Gasteiger partial charge in [-0.15, -0.1) is 0 Å². The topological polar surface area (TPSA) is 88.8 Å². The summed E-state index contributed by atoms with van der Waals surface area (Å²) in [6.07, 6.45) is -0.643. The normalized spacial score (nSPS) is 12.1. The molecule has 0 spiro atoms. The summed E-state index contributed by atoms with van der Waals surface area (Å²) in [6.45, 7) is 2.06. The van der Waals surface area contributed by atoms with Crippen molar-refractivity contribution < 1.29 is 19.1 Å². The molecule has 0 aliphatic rings. The van der Waals surface area contributed by atoms with E-state index >= 15 is 0 Å². The number of rotatable bonds is 5. The predicted octanol–water partition coefficient (Wildman–Crippen LogP) is 3.20. The van der Waals surface area contributed by atoms with E-state index in [-0.39, 0.29) is 5.56 Å². The minimum absolute atomic E-state index is 0.182. The second-order valence-corrected chi connectivity index (χ2v) is 6.64. The number of halogens is 1. The standard InChI is InChI=1S/C19H16BrNO5/c1-11(22)21-10-12-5-6-17-13(7-12)8-16(19(24)26-17)18(23)25-15-4-2-3-14(20)9-15/h2-9,11,21-22H,10H2,1H3. The molecule has 0 saturated carbocycles. The number of fused-ring (bicyclic) bond motifs is 1. The summed E-state index contributed by atoms with van der Waals surface area (Å²) in [7, 11) is 0. The van der Waals surface area contributed by atoms with Crippen LogP contribution in [0.3, 0.4) is 0 Å². The van der Waals surface area contributed by atoms with E-state index in [0.29, 0.717) is 23.3 Å². The Morgan fingerprint density at radius 3 is 2.81 bits per heavy atom. The zero-order valence-electron chi connectivity index (χ0n) is 13.9. The monoisotopic (exact) mass is 417 g/mol. The highest BCUT2D eigenvalue weighted by molar-refractivity contribution is 9.10. The molecular weight excluding hydrogens is 402 g/mol. The number of ether oxygens (including phenoxy) is 1. The van der Waals surface area contributed by atoms with Crippen LogP contribution in [0.5, 0.6) is 5.75 Å². The number of aliphatic hydroxyl groups is 1. The Kier molecular flexibility index (Phi) is 5.51. The predicted molar refractivity (Wildman–Crippen MR) is 100 cm³/mol. The van der Waals surface area contributed by atoms with Crippen molar-refractivity contribution >= 4 is 32.9 Å². The fourth-order valence-electron chi connectivity index (χ4n) is 2.38. The molecule has 134 valence electrons. The molecule has 1 heterocycles. The van der Waals surface area contributed by atoms with Crippen molar-refractivity contribution in [3.05, 3.63) is 74.6 Å². The van der Waals surface area contributed by atoms with Crippen molar-refractivity contribution in [3.8, 4) is 5.75 Å². The second-order valence-electron chi connectivity index (χ2n) is 5.72. The van der Waals surface area contributed by atoms with E-state index in [9.17, 15) is 14.7 Å². The molecule has 1 aromatic heterocycles. The summed E-state index contributed by atoms with van der Waals surface area (Å²) in [5.74, 6) is -0.468. The number of nitrogens with one attached hydrogen (secondary N) is 1. The van der Waals surface area contributed by atoms with Gasteiger partial charge in [0.05, 0.1) is 0 Å². The van der Waals surface area contributed by atoms with Gasteiger partial charge >= 0.3 is 11.6 Å². The molecule has 26 heavy (non-hydrogen) atoms. The van der Waals surface area contributed by atoms with Gasteiger partial charge in [0.15, 0.2) is 0 Å². The molecule has 3 rings (SSSR count). The number of carbonyl (C=O) groups is 1. The summed E-state index contributed by atoms with van der Waals surface area (Å²) in [4.78, 5) is 24.5.